The predicted molar refractivity (Wildman–Crippen MR) is 77.3 cm³/mol. The summed E-state index contributed by atoms with van der Waals surface area (Å²) in [6, 6.07) is 0. The maximum atomic E-state index is 9.70. The summed E-state index contributed by atoms with van der Waals surface area (Å²) in [4.78, 5) is 0. The largest absolute Gasteiger partial charge is 0.394 e. The first-order valence-electron chi connectivity index (χ1n) is 7.34. The van der Waals surface area contributed by atoms with Gasteiger partial charge in [0.25, 0.3) is 0 Å². The zero-order valence-corrected chi connectivity index (χ0v) is 12.7. The maximum absolute atomic E-state index is 9.70. The molecule has 4 nitrogen and oxygen atoms in total. The van der Waals surface area contributed by atoms with E-state index in [0.717, 1.165) is 25.1 Å². The third-order valence-corrected chi connectivity index (χ3v) is 5.17. The molecule has 1 aliphatic rings. The molecule has 1 saturated carbocycles. The predicted octanol–water partition coefficient (Wildman–Crippen LogP) is 1.95. The Morgan fingerprint density at radius 2 is 2.16 bits per heavy atom. The number of hydrogen-bond acceptors (Lipinski definition) is 3. The first-order valence-corrected chi connectivity index (χ1v) is 7.34. The van der Waals surface area contributed by atoms with Gasteiger partial charge in [-0.05, 0) is 58.6 Å². The van der Waals surface area contributed by atoms with Gasteiger partial charge in [-0.3, -0.25) is 4.68 Å². The molecule has 0 aromatic carbocycles. The van der Waals surface area contributed by atoms with E-state index in [1.54, 1.807) is 0 Å². The Balaban J connectivity index is 2.04. The summed E-state index contributed by atoms with van der Waals surface area (Å²) in [5, 5.41) is 17.7. The van der Waals surface area contributed by atoms with Crippen molar-refractivity contribution in [3.63, 3.8) is 0 Å². The minimum absolute atomic E-state index is 0.0643. The number of aliphatic hydroxyl groups is 1. The van der Waals surface area contributed by atoms with Gasteiger partial charge in [0.05, 0.1) is 12.3 Å². The number of nitrogens with one attached hydrogen (secondary N) is 1. The van der Waals surface area contributed by atoms with Crippen LogP contribution in [0.5, 0.6) is 0 Å². The molecule has 4 heteroatoms. The van der Waals surface area contributed by atoms with Crippen LogP contribution in [0.1, 0.15) is 42.6 Å². The van der Waals surface area contributed by atoms with Gasteiger partial charge in [-0.1, -0.05) is 6.42 Å². The molecule has 0 aliphatic heterocycles. The highest BCUT2D eigenvalue weighted by Crippen LogP contribution is 2.37. The van der Waals surface area contributed by atoms with Gasteiger partial charge in [0.15, 0.2) is 0 Å². The van der Waals surface area contributed by atoms with Gasteiger partial charge in [0, 0.05) is 17.8 Å². The molecule has 2 unspecified atom stereocenters. The third kappa shape index (κ3) is 2.56. The second kappa shape index (κ2) is 5.63. The van der Waals surface area contributed by atoms with E-state index in [1.807, 2.05) is 7.05 Å². The van der Waals surface area contributed by atoms with Crippen molar-refractivity contribution in [3.8, 4) is 0 Å². The lowest BCUT2D eigenvalue weighted by atomic mass is 9.85. The molecule has 0 amide bonds. The SMILES string of the molecule is CNC1(CO)CCCC1CCn1nc(C)c(C)c1C. The third-order valence-electron chi connectivity index (χ3n) is 5.17. The molecule has 1 aromatic heterocycles. The first kappa shape index (κ1) is 14.5. The second-order valence-electron chi connectivity index (χ2n) is 5.96. The summed E-state index contributed by atoms with van der Waals surface area (Å²) in [7, 11) is 1.97. The number of aliphatic hydroxyl groups excluding tert-OH is 1. The van der Waals surface area contributed by atoms with Crippen LogP contribution in [0.4, 0.5) is 0 Å². The Labute approximate surface area is 116 Å². The molecule has 2 atom stereocenters. The number of aryl methyl sites for hydroxylation is 2. The summed E-state index contributed by atoms with van der Waals surface area (Å²) < 4.78 is 2.13. The summed E-state index contributed by atoms with van der Waals surface area (Å²) in [5.41, 5.74) is 3.64. The highest BCUT2D eigenvalue weighted by molar-refractivity contribution is 5.22. The number of rotatable bonds is 5. The van der Waals surface area contributed by atoms with Crippen molar-refractivity contribution in [3.05, 3.63) is 17.0 Å². The highest BCUT2D eigenvalue weighted by Gasteiger charge is 2.40. The lowest BCUT2D eigenvalue weighted by Gasteiger charge is -2.33. The van der Waals surface area contributed by atoms with Crippen molar-refractivity contribution in [2.45, 2.75) is 58.5 Å². The van der Waals surface area contributed by atoms with E-state index in [0.29, 0.717) is 5.92 Å². The van der Waals surface area contributed by atoms with Gasteiger partial charge in [0.1, 0.15) is 0 Å². The van der Waals surface area contributed by atoms with Crippen LogP contribution in [0.3, 0.4) is 0 Å². The van der Waals surface area contributed by atoms with Gasteiger partial charge in [-0.2, -0.15) is 5.10 Å². The Morgan fingerprint density at radius 1 is 1.42 bits per heavy atom. The van der Waals surface area contributed by atoms with E-state index in [9.17, 15) is 5.11 Å². The molecule has 1 aliphatic carbocycles. The van der Waals surface area contributed by atoms with E-state index in [4.69, 9.17) is 0 Å². The lowest BCUT2D eigenvalue weighted by molar-refractivity contribution is 0.124. The average Bonchev–Trinajstić information content (AvgIpc) is 2.94. The van der Waals surface area contributed by atoms with Crippen molar-refractivity contribution < 1.29 is 5.11 Å². The number of likely N-dealkylation sites (N-methyl/N-ethyl adjacent to an activating group) is 1. The Hall–Kier alpha value is -0.870. The molecule has 19 heavy (non-hydrogen) atoms. The Bertz CT molecular complexity index is 435. The normalized spacial score (nSPS) is 27.1. The minimum Gasteiger partial charge on any atom is -0.394 e. The molecule has 108 valence electrons. The van der Waals surface area contributed by atoms with E-state index in [-0.39, 0.29) is 12.1 Å². The topological polar surface area (TPSA) is 50.1 Å². The second-order valence-corrected chi connectivity index (χ2v) is 5.96. The first-order chi connectivity index (χ1) is 9.04. The minimum atomic E-state index is -0.0643. The average molecular weight is 265 g/mol. The van der Waals surface area contributed by atoms with Gasteiger partial charge < -0.3 is 10.4 Å². The lowest BCUT2D eigenvalue weighted by Crippen LogP contribution is -2.49. The van der Waals surface area contributed by atoms with Gasteiger partial charge in [-0.25, -0.2) is 0 Å². The van der Waals surface area contributed by atoms with E-state index in [2.05, 4.69) is 35.9 Å². The summed E-state index contributed by atoms with van der Waals surface area (Å²) in [6.07, 6.45) is 4.59. The fourth-order valence-electron chi connectivity index (χ4n) is 3.46. The number of nitrogens with zero attached hydrogens (tertiary/aromatic N) is 2. The fraction of sp³-hybridized carbons (Fsp3) is 0.800. The van der Waals surface area contributed by atoms with Gasteiger partial charge >= 0.3 is 0 Å². The van der Waals surface area contributed by atoms with Crippen molar-refractivity contribution in [2.24, 2.45) is 5.92 Å². The fourth-order valence-corrected chi connectivity index (χ4v) is 3.46. The number of aromatic nitrogens is 2. The van der Waals surface area contributed by atoms with Crippen molar-refractivity contribution in [2.75, 3.05) is 13.7 Å². The molecule has 2 N–H and O–H groups in total. The van der Waals surface area contributed by atoms with Crippen LogP contribution in [0.15, 0.2) is 0 Å². The van der Waals surface area contributed by atoms with Crippen LogP contribution < -0.4 is 5.32 Å². The molecular weight excluding hydrogens is 238 g/mol. The van der Waals surface area contributed by atoms with Gasteiger partial charge in [0.2, 0.25) is 0 Å². The van der Waals surface area contributed by atoms with Crippen LogP contribution in [-0.4, -0.2) is 34.1 Å². The molecule has 1 aromatic rings. The zero-order chi connectivity index (χ0) is 14.0. The number of hydrogen-bond donors (Lipinski definition) is 2. The van der Waals surface area contributed by atoms with Crippen LogP contribution in [-0.2, 0) is 6.54 Å². The zero-order valence-electron chi connectivity index (χ0n) is 12.7. The molecule has 0 bridgehead atoms. The van der Waals surface area contributed by atoms with Crippen LogP contribution in [0, 0.1) is 26.7 Å². The quantitative estimate of drug-likeness (QED) is 0.855. The molecule has 2 rings (SSSR count). The Morgan fingerprint density at radius 3 is 2.68 bits per heavy atom. The Kier molecular flexibility index (Phi) is 4.31. The van der Waals surface area contributed by atoms with E-state index < -0.39 is 0 Å². The molecule has 0 radical (unpaired) electrons. The molecule has 0 saturated heterocycles. The van der Waals surface area contributed by atoms with Crippen molar-refractivity contribution >= 4 is 0 Å². The molecule has 1 heterocycles. The molecule has 0 spiro atoms. The van der Waals surface area contributed by atoms with Gasteiger partial charge in [-0.15, -0.1) is 0 Å². The maximum Gasteiger partial charge on any atom is 0.0625 e. The van der Waals surface area contributed by atoms with Crippen LogP contribution in [0.2, 0.25) is 0 Å². The van der Waals surface area contributed by atoms with Crippen LogP contribution in [0.25, 0.3) is 0 Å². The monoisotopic (exact) mass is 265 g/mol. The van der Waals surface area contributed by atoms with Crippen molar-refractivity contribution in [1.29, 1.82) is 0 Å². The standard InChI is InChI=1S/C15H27N3O/c1-11-12(2)17-18(13(11)3)9-7-14-6-5-8-15(14,10-19)16-4/h14,16,19H,5-10H2,1-4H3. The highest BCUT2D eigenvalue weighted by atomic mass is 16.3. The van der Waals surface area contributed by atoms with E-state index >= 15 is 0 Å². The summed E-state index contributed by atoms with van der Waals surface area (Å²) >= 11 is 0. The molecular formula is C15H27N3O. The summed E-state index contributed by atoms with van der Waals surface area (Å²) in [6.45, 7) is 7.54. The molecule has 1 fully saturated rings. The smallest absolute Gasteiger partial charge is 0.0625 e. The van der Waals surface area contributed by atoms with Crippen LogP contribution >= 0.6 is 0 Å². The van der Waals surface area contributed by atoms with E-state index in [1.165, 1.54) is 24.1 Å². The van der Waals surface area contributed by atoms with Crippen molar-refractivity contribution in [1.82, 2.24) is 15.1 Å². The summed E-state index contributed by atoms with van der Waals surface area (Å²) in [5.74, 6) is 0.548.